The highest BCUT2D eigenvalue weighted by molar-refractivity contribution is 14.0. The number of hydrogen-bond donors (Lipinski definition) is 2. The predicted octanol–water partition coefficient (Wildman–Crippen LogP) is 2.79. The molecule has 0 atom stereocenters. The number of nitrogens with zero attached hydrogens (tertiary/aromatic N) is 4. The Hall–Kier alpha value is -1.35. The number of guanidine groups is 1. The summed E-state index contributed by atoms with van der Waals surface area (Å²) < 4.78 is 2.18. The monoisotopic (exact) mass is 474 g/mol. The maximum Gasteiger partial charge on any atom is 0.191 e. The quantitative estimate of drug-likeness (QED) is 0.384. The van der Waals surface area contributed by atoms with E-state index in [4.69, 9.17) is 11.6 Å². The molecule has 8 heteroatoms. The first-order valence-corrected chi connectivity index (χ1v) is 8.81. The molecule has 25 heavy (non-hydrogen) atoms. The van der Waals surface area contributed by atoms with E-state index < -0.39 is 0 Å². The number of nitrogens with one attached hydrogen (secondary N) is 2. The molecule has 0 saturated heterocycles. The molecule has 0 amide bonds. The van der Waals surface area contributed by atoms with Crippen LogP contribution in [0.4, 0.5) is 0 Å². The Kier molecular flexibility index (Phi) is 7.95. The van der Waals surface area contributed by atoms with Gasteiger partial charge in [0.15, 0.2) is 11.8 Å². The van der Waals surface area contributed by atoms with Crippen LogP contribution in [0.2, 0.25) is 5.02 Å². The average molecular weight is 475 g/mol. The molecule has 1 aliphatic rings. The normalized spacial score (nSPS) is 13.3. The van der Waals surface area contributed by atoms with Gasteiger partial charge in [-0.15, -0.1) is 34.2 Å². The molecular weight excluding hydrogens is 451 g/mol. The van der Waals surface area contributed by atoms with Gasteiger partial charge < -0.3 is 15.2 Å². The summed E-state index contributed by atoms with van der Waals surface area (Å²) in [4.78, 5) is 4.63. The van der Waals surface area contributed by atoms with Gasteiger partial charge in [-0.1, -0.05) is 23.7 Å². The van der Waals surface area contributed by atoms with E-state index in [0.29, 0.717) is 6.54 Å². The lowest BCUT2D eigenvalue weighted by molar-refractivity contribution is 0.684. The smallest absolute Gasteiger partial charge is 0.191 e. The van der Waals surface area contributed by atoms with Gasteiger partial charge in [0.05, 0.1) is 0 Å². The summed E-state index contributed by atoms with van der Waals surface area (Å²) >= 11 is 6.02. The molecule has 2 heterocycles. The van der Waals surface area contributed by atoms with Gasteiger partial charge in [0, 0.05) is 31.1 Å². The second kappa shape index (κ2) is 9.96. The van der Waals surface area contributed by atoms with Gasteiger partial charge in [0.1, 0.15) is 12.4 Å². The van der Waals surface area contributed by atoms with Crippen molar-refractivity contribution in [2.24, 2.45) is 4.99 Å². The van der Waals surface area contributed by atoms with Gasteiger partial charge in [-0.05, 0) is 37.5 Å². The van der Waals surface area contributed by atoms with Crippen LogP contribution in [0.25, 0.3) is 0 Å². The second-order valence-electron chi connectivity index (χ2n) is 5.79. The minimum absolute atomic E-state index is 0. The maximum absolute atomic E-state index is 6.02. The van der Waals surface area contributed by atoms with E-state index >= 15 is 0 Å². The van der Waals surface area contributed by atoms with Crippen molar-refractivity contribution in [1.29, 1.82) is 0 Å². The minimum atomic E-state index is 0. The van der Waals surface area contributed by atoms with E-state index in [1.807, 2.05) is 18.2 Å². The summed E-state index contributed by atoms with van der Waals surface area (Å²) in [6.45, 7) is 5.22. The fourth-order valence-electron chi connectivity index (χ4n) is 2.84. The third-order valence-electron chi connectivity index (χ3n) is 4.00. The number of benzene rings is 1. The Morgan fingerprint density at radius 3 is 3.00 bits per heavy atom. The van der Waals surface area contributed by atoms with E-state index in [9.17, 15) is 0 Å². The Morgan fingerprint density at radius 1 is 1.32 bits per heavy atom. The molecular formula is C17H24ClIN6. The van der Waals surface area contributed by atoms with Crippen LogP contribution in [0.15, 0.2) is 29.3 Å². The number of fused-ring (bicyclic) bond motifs is 1. The van der Waals surface area contributed by atoms with Crippen LogP contribution in [-0.4, -0.2) is 33.8 Å². The number of rotatable bonds is 6. The summed E-state index contributed by atoms with van der Waals surface area (Å²) in [5, 5.41) is 15.9. The zero-order valence-corrected chi connectivity index (χ0v) is 17.4. The van der Waals surface area contributed by atoms with Crippen molar-refractivity contribution in [1.82, 2.24) is 25.4 Å². The largest absolute Gasteiger partial charge is 0.357 e. The molecule has 3 rings (SSSR count). The molecule has 136 valence electrons. The number of aromatic nitrogens is 3. The van der Waals surface area contributed by atoms with E-state index in [1.54, 1.807) is 0 Å². The van der Waals surface area contributed by atoms with E-state index in [2.05, 4.69) is 43.4 Å². The zero-order valence-electron chi connectivity index (χ0n) is 14.3. The SMILES string of the molecule is CCNC(=NCc1nnc2n1CCC2)NCCc1cccc(Cl)c1.I. The van der Waals surface area contributed by atoms with Gasteiger partial charge in [-0.25, -0.2) is 4.99 Å². The summed E-state index contributed by atoms with van der Waals surface area (Å²) in [5.41, 5.74) is 1.21. The lowest BCUT2D eigenvalue weighted by Gasteiger charge is -2.11. The molecule has 1 aliphatic heterocycles. The first-order valence-electron chi connectivity index (χ1n) is 8.44. The number of halogens is 2. The summed E-state index contributed by atoms with van der Waals surface area (Å²) in [6, 6.07) is 7.94. The highest BCUT2D eigenvalue weighted by atomic mass is 127. The molecule has 0 aliphatic carbocycles. The van der Waals surface area contributed by atoms with Gasteiger partial charge in [0.2, 0.25) is 0 Å². The molecule has 0 unspecified atom stereocenters. The molecule has 6 nitrogen and oxygen atoms in total. The van der Waals surface area contributed by atoms with E-state index in [-0.39, 0.29) is 24.0 Å². The summed E-state index contributed by atoms with van der Waals surface area (Å²) in [5.74, 6) is 2.82. The Bertz CT molecular complexity index is 715. The van der Waals surface area contributed by atoms with Crippen molar-refractivity contribution in [3.05, 3.63) is 46.5 Å². The molecule has 0 saturated carbocycles. The third-order valence-corrected chi connectivity index (χ3v) is 4.24. The van der Waals surface area contributed by atoms with Crippen molar-refractivity contribution in [2.75, 3.05) is 13.1 Å². The lowest BCUT2D eigenvalue weighted by Crippen LogP contribution is -2.38. The highest BCUT2D eigenvalue weighted by Crippen LogP contribution is 2.14. The Labute approximate surface area is 170 Å². The van der Waals surface area contributed by atoms with Crippen LogP contribution in [0, 0.1) is 0 Å². The highest BCUT2D eigenvalue weighted by Gasteiger charge is 2.16. The zero-order chi connectivity index (χ0) is 16.8. The fourth-order valence-corrected chi connectivity index (χ4v) is 3.05. The number of hydrogen-bond acceptors (Lipinski definition) is 3. The maximum atomic E-state index is 6.02. The van der Waals surface area contributed by atoms with Gasteiger partial charge in [-0.3, -0.25) is 0 Å². The van der Waals surface area contributed by atoms with Crippen molar-refractivity contribution in [3.8, 4) is 0 Å². The van der Waals surface area contributed by atoms with Crippen LogP contribution in [0.5, 0.6) is 0 Å². The minimum Gasteiger partial charge on any atom is -0.357 e. The third kappa shape index (κ3) is 5.57. The number of aryl methyl sites for hydroxylation is 1. The summed E-state index contributed by atoms with van der Waals surface area (Å²) in [7, 11) is 0. The molecule has 0 radical (unpaired) electrons. The first kappa shape index (κ1) is 20.0. The lowest BCUT2D eigenvalue weighted by atomic mass is 10.1. The molecule has 2 aromatic rings. The van der Waals surface area contributed by atoms with Crippen molar-refractivity contribution >= 4 is 41.5 Å². The Morgan fingerprint density at radius 2 is 2.20 bits per heavy atom. The standard InChI is InChI=1S/C17H23ClN6.HI/c1-2-19-17(20-9-8-13-5-3-6-14(18)11-13)21-12-16-23-22-15-7-4-10-24(15)16;/h3,5-6,11H,2,4,7-10,12H2,1H3,(H2,19,20,21);1H. The van der Waals surface area contributed by atoms with Crippen LogP contribution in [0.3, 0.4) is 0 Å². The topological polar surface area (TPSA) is 67.1 Å². The van der Waals surface area contributed by atoms with Crippen LogP contribution >= 0.6 is 35.6 Å². The average Bonchev–Trinajstić information content (AvgIpc) is 3.16. The second-order valence-corrected chi connectivity index (χ2v) is 6.23. The molecule has 0 spiro atoms. The molecule has 0 fully saturated rings. The van der Waals surface area contributed by atoms with Crippen LogP contribution in [0.1, 0.15) is 30.6 Å². The molecule has 1 aromatic heterocycles. The molecule has 0 bridgehead atoms. The van der Waals surface area contributed by atoms with Crippen LogP contribution < -0.4 is 10.6 Å². The molecule has 1 aromatic carbocycles. The summed E-state index contributed by atoms with van der Waals surface area (Å²) in [6.07, 6.45) is 3.07. The number of aliphatic imine (C=N–C) groups is 1. The molecule has 2 N–H and O–H groups in total. The van der Waals surface area contributed by atoms with Gasteiger partial charge in [-0.2, -0.15) is 0 Å². The van der Waals surface area contributed by atoms with Gasteiger partial charge in [0.25, 0.3) is 0 Å². The van der Waals surface area contributed by atoms with Crippen molar-refractivity contribution in [2.45, 2.75) is 39.3 Å². The van der Waals surface area contributed by atoms with E-state index in [0.717, 1.165) is 61.5 Å². The van der Waals surface area contributed by atoms with Crippen molar-refractivity contribution in [3.63, 3.8) is 0 Å². The van der Waals surface area contributed by atoms with Gasteiger partial charge >= 0.3 is 0 Å². The van der Waals surface area contributed by atoms with E-state index in [1.165, 1.54) is 5.56 Å². The fraction of sp³-hybridized carbons (Fsp3) is 0.471. The van der Waals surface area contributed by atoms with Crippen molar-refractivity contribution < 1.29 is 0 Å². The predicted molar refractivity (Wildman–Crippen MR) is 112 cm³/mol. The first-order chi connectivity index (χ1) is 11.8. The van der Waals surface area contributed by atoms with Crippen LogP contribution in [-0.2, 0) is 25.9 Å². The Balaban J connectivity index is 0.00000225.